The standard InChI is InChI=1S/C23H23Cl2N5O4/c1-27(12-15-2-4-18(24)19(25)10-15)21(31)13-30-14-26-20-5-3-16(11-17(20)22(30)32)28-6-8-29(9-7-28)23(33)34/h2-5,10-11,14H,6-9,12-13H2,1H3,(H,33,34). The number of hydrogen-bond donors (Lipinski definition) is 1. The first kappa shape index (κ1) is 23.8. The fraction of sp³-hybridized carbons (Fsp3) is 0.304. The third-order valence-corrected chi connectivity index (χ3v) is 6.60. The van der Waals surface area contributed by atoms with Gasteiger partial charge in [0.1, 0.15) is 6.54 Å². The van der Waals surface area contributed by atoms with Gasteiger partial charge >= 0.3 is 6.09 Å². The maximum absolute atomic E-state index is 13.1. The molecule has 0 bridgehead atoms. The summed E-state index contributed by atoms with van der Waals surface area (Å²) in [5.74, 6) is -0.254. The molecule has 11 heteroatoms. The Morgan fingerprint density at radius 3 is 2.47 bits per heavy atom. The summed E-state index contributed by atoms with van der Waals surface area (Å²) in [7, 11) is 1.65. The van der Waals surface area contributed by atoms with Crippen molar-refractivity contribution in [2.24, 2.45) is 0 Å². The summed E-state index contributed by atoms with van der Waals surface area (Å²) < 4.78 is 1.29. The molecule has 1 N–H and O–H groups in total. The van der Waals surface area contributed by atoms with E-state index in [1.165, 1.54) is 20.7 Å². The monoisotopic (exact) mass is 503 g/mol. The van der Waals surface area contributed by atoms with E-state index in [-0.39, 0.29) is 18.0 Å². The van der Waals surface area contributed by atoms with Crippen LogP contribution >= 0.6 is 23.2 Å². The van der Waals surface area contributed by atoms with Crippen LogP contribution in [-0.2, 0) is 17.9 Å². The van der Waals surface area contributed by atoms with E-state index in [0.29, 0.717) is 53.7 Å². The van der Waals surface area contributed by atoms with Gasteiger partial charge in [-0.2, -0.15) is 0 Å². The lowest BCUT2D eigenvalue weighted by atomic mass is 10.2. The summed E-state index contributed by atoms with van der Waals surface area (Å²) in [5, 5.41) is 10.4. The number of hydrogen-bond acceptors (Lipinski definition) is 5. The second-order valence-electron chi connectivity index (χ2n) is 8.13. The fourth-order valence-electron chi connectivity index (χ4n) is 3.88. The quantitative estimate of drug-likeness (QED) is 0.573. The zero-order valence-corrected chi connectivity index (χ0v) is 20.0. The number of nitrogens with zero attached hydrogens (tertiary/aromatic N) is 5. The average molecular weight is 504 g/mol. The Balaban J connectivity index is 1.50. The van der Waals surface area contributed by atoms with Crippen molar-refractivity contribution >= 4 is 51.8 Å². The molecule has 1 aromatic heterocycles. The third kappa shape index (κ3) is 5.10. The highest BCUT2D eigenvalue weighted by atomic mass is 35.5. The van der Waals surface area contributed by atoms with Gasteiger partial charge in [0, 0.05) is 45.5 Å². The molecule has 2 heterocycles. The minimum absolute atomic E-state index is 0.152. The van der Waals surface area contributed by atoms with E-state index in [4.69, 9.17) is 28.3 Å². The largest absolute Gasteiger partial charge is 0.465 e. The van der Waals surface area contributed by atoms with Crippen molar-refractivity contribution in [2.45, 2.75) is 13.1 Å². The number of benzene rings is 2. The minimum atomic E-state index is -0.931. The van der Waals surface area contributed by atoms with Gasteiger partial charge in [-0.1, -0.05) is 29.3 Å². The van der Waals surface area contributed by atoms with Crippen molar-refractivity contribution in [2.75, 3.05) is 38.1 Å². The Morgan fingerprint density at radius 1 is 1.06 bits per heavy atom. The molecule has 0 spiro atoms. The van der Waals surface area contributed by atoms with Crippen LogP contribution in [0.1, 0.15) is 5.56 Å². The first-order chi connectivity index (χ1) is 16.2. The molecule has 9 nitrogen and oxygen atoms in total. The van der Waals surface area contributed by atoms with Gasteiger partial charge in [-0.25, -0.2) is 9.78 Å². The van der Waals surface area contributed by atoms with Crippen LogP contribution in [0.3, 0.4) is 0 Å². The van der Waals surface area contributed by atoms with Crippen molar-refractivity contribution in [1.82, 2.24) is 19.4 Å². The van der Waals surface area contributed by atoms with Crippen molar-refractivity contribution in [3.8, 4) is 0 Å². The summed E-state index contributed by atoms with van der Waals surface area (Å²) in [6.07, 6.45) is 0.444. The van der Waals surface area contributed by atoms with Gasteiger partial charge < -0.3 is 19.8 Å². The molecular weight excluding hydrogens is 481 g/mol. The molecule has 1 fully saturated rings. The molecule has 0 saturated carbocycles. The lowest BCUT2D eigenvalue weighted by Crippen LogP contribution is -2.48. The number of piperazine rings is 1. The molecular formula is C23H23Cl2N5O4. The van der Waals surface area contributed by atoms with Gasteiger partial charge in [0.15, 0.2) is 0 Å². The number of fused-ring (bicyclic) bond motifs is 1. The van der Waals surface area contributed by atoms with E-state index >= 15 is 0 Å². The summed E-state index contributed by atoms with van der Waals surface area (Å²) in [6.45, 7) is 2.02. The van der Waals surface area contributed by atoms with Crippen molar-refractivity contribution in [3.05, 3.63) is 68.7 Å². The van der Waals surface area contributed by atoms with Crippen LogP contribution in [0.4, 0.5) is 10.5 Å². The van der Waals surface area contributed by atoms with Crippen LogP contribution < -0.4 is 10.5 Å². The maximum atomic E-state index is 13.1. The minimum Gasteiger partial charge on any atom is -0.465 e. The van der Waals surface area contributed by atoms with E-state index < -0.39 is 6.09 Å². The highest BCUT2D eigenvalue weighted by Crippen LogP contribution is 2.23. The predicted octanol–water partition coefficient (Wildman–Crippen LogP) is 3.16. The molecule has 3 aromatic rings. The first-order valence-electron chi connectivity index (χ1n) is 10.6. The summed E-state index contributed by atoms with van der Waals surface area (Å²) >= 11 is 12.0. The molecule has 2 amide bonds. The summed E-state index contributed by atoms with van der Waals surface area (Å²) in [4.78, 5) is 46.3. The molecule has 0 aliphatic carbocycles. The zero-order valence-electron chi connectivity index (χ0n) is 18.4. The van der Waals surface area contributed by atoms with Crippen molar-refractivity contribution < 1.29 is 14.7 Å². The molecule has 1 aliphatic rings. The van der Waals surface area contributed by atoms with Gasteiger partial charge in [-0.05, 0) is 35.9 Å². The molecule has 2 aromatic carbocycles. The molecule has 1 saturated heterocycles. The van der Waals surface area contributed by atoms with Crippen LogP contribution in [0, 0.1) is 0 Å². The van der Waals surface area contributed by atoms with Crippen molar-refractivity contribution in [1.29, 1.82) is 0 Å². The second kappa shape index (κ2) is 9.90. The topological polar surface area (TPSA) is 99.0 Å². The number of likely N-dealkylation sites (N-methyl/N-ethyl adjacent to an activating group) is 1. The Kier molecular flexibility index (Phi) is 6.95. The van der Waals surface area contributed by atoms with E-state index in [2.05, 4.69) is 4.98 Å². The number of aromatic nitrogens is 2. The van der Waals surface area contributed by atoms with Crippen LogP contribution in [0.2, 0.25) is 10.0 Å². The van der Waals surface area contributed by atoms with Crippen LogP contribution in [0.25, 0.3) is 10.9 Å². The molecule has 178 valence electrons. The smallest absolute Gasteiger partial charge is 0.407 e. The number of rotatable bonds is 5. The zero-order chi connectivity index (χ0) is 24.4. The van der Waals surface area contributed by atoms with E-state index in [1.54, 1.807) is 37.4 Å². The number of anilines is 1. The summed E-state index contributed by atoms with van der Waals surface area (Å²) in [5.41, 5.74) is 1.86. The number of amides is 2. The Bertz CT molecular complexity index is 1300. The number of carbonyl (C=O) groups is 2. The van der Waals surface area contributed by atoms with Gasteiger partial charge in [0.05, 0.1) is 27.3 Å². The van der Waals surface area contributed by atoms with Gasteiger partial charge in [0.25, 0.3) is 5.56 Å². The maximum Gasteiger partial charge on any atom is 0.407 e. The fourth-order valence-corrected chi connectivity index (χ4v) is 4.20. The lowest BCUT2D eigenvalue weighted by molar-refractivity contribution is -0.131. The van der Waals surface area contributed by atoms with E-state index in [9.17, 15) is 14.4 Å². The average Bonchev–Trinajstić information content (AvgIpc) is 2.83. The normalized spacial score (nSPS) is 13.9. The third-order valence-electron chi connectivity index (χ3n) is 5.86. The molecule has 0 unspecified atom stereocenters. The highest BCUT2D eigenvalue weighted by Gasteiger charge is 2.21. The second-order valence-corrected chi connectivity index (χ2v) is 8.95. The molecule has 4 rings (SSSR count). The SMILES string of the molecule is CN(Cc1ccc(Cl)c(Cl)c1)C(=O)Cn1cnc2ccc(N3CCN(C(=O)O)CC3)cc2c1=O. The molecule has 0 atom stereocenters. The van der Waals surface area contributed by atoms with Crippen LogP contribution in [-0.4, -0.2) is 69.7 Å². The number of carboxylic acid groups (broad SMARTS) is 1. The lowest BCUT2D eigenvalue weighted by Gasteiger charge is -2.34. The first-order valence-corrected chi connectivity index (χ1v) is 11.4. The molecule has 0 radical (unpaired) electrons. The number of halogens is 2. The van der Waals surface area contributed by atoms with E-state index in [0.717, 1.165) is 11.3 Å². The van der Waals surface area contributed by atoms with Gasteiger partial charge in [-0.3, -0.25) is 14.2 Å². The summed E-state index contributed by atoms with van der Waals surface area (Å²) in [6, 6.07) is 10.6. The Hall–Kier alpha value is -3.30. The van der Waals surface area contributed by atoms with E-state index in [1.807, 2.05) is 11.0 Å². The predicted molar refractivity (Wildman–Crippen MR) is 131 cm³/mol. The van der Waals surface area contributed by atoms with Crippen LogP contribution in [0.15, 0.2) is 47.5 Å². The molecule has 34 heavy (non-hydrogen) atoms. The molecule has 1 aliphatic heterocycles. The van der Waals surface area contributed by atoms with Crippen LogP contribution in [0.5, 0.6) is 0 Å². The Morgan fingerprint density at radius 2 is 1.79 bits per heavy atom. The number of carbonyl (C=O) groups excluding carboxylic acids is 1. The van der Waals surface area contributed by atoms with Gasteiger partial charge in [-0.15, -0.1) is 0 Å². The Labute approximate surface area is 205 Å². The van der Waals surface area contributed by atoms with Gasteiger partial charge in [0.2, 0.25) is 5.91 Å². The van der Waals surface area contributed by atoms with Crippen molar-refractivity contribution in [3.63, 3.8) is 0 Å². The highest BCUT2D eigenvalue weighted by molar-refractivity contribution is 6.42.